The number of rotatable bonds is 3. The summed E-state index contributed by atoms with van der Waals surface area (Å²) in [4.78, 5) is 1.52. The highest BCUT2D eigenvalue weighted by atomic mass is 127. The molecule has 0 unspecified atom stereocenters. The number of aryl methyl sites for hydroxylation is 1. The molecular formula is C21H17FIO2PS2. The first-order valence-corrected chi connectivity index (χ1v) is 14.0. The Labute approximate surface area is 189 Å². The van der Waals surface area contributed by atoms with E-state index < -0.39 is 0 Å². The van der Waals surface area contributed by atoms with Crippen LogP contribution in [0.1, 0.15) is 28.0 Å². The van der Waals surface area contributed by atoms with Crippen LogP contribution in [0.5, 0.6) is 11.5 Å². The second-order valence-corrected chi connectivity index (χ2v) is 11.4. The molecule has 2 nitrogen and oxygen atoms in total. The maximum Gasteiger partial charge on any atom is 0.293 e. The summed E-state index contributed by atoms with van der Waals surface area (Å²) in [7, 11) is 0. The zero-order chi connectivity index (χ0) is 20.8. The van der Waals surface area contributed by atoms with Crippen molar-refractivity contribution in [2.75, 3.05) is 0 Å². The van der Waals surface area contributed by atoms with Crippen LogP contribution in [0.25, 0.3) is 0 Å². The number of thioether (sulfide) groups is 1. The molecule has 1 aliphatic heterocycles. The Balaban J connectivity index is 0.000000755. The fraction of sp³-hybridized carbons (Fsp3) is 0.143. The Bertz CT molecular complexity index is 976. The van der Waals surface area contributed by atoms with E-state index in [-0.39, 0.29) is 17.2 Å². The SMILES string of the molecule is S=PI.[3H]Oc1ccc([C@H]2Oc3cc(C)cc(F)c3S[C@H]2c2ccccc2)cc1. The van der Waals surface area contributed by atoms with Gasteiger partial charge in [-0.15, -0.1) is 11.8 Å². The first-order chi connectivity index (χ1) is 14.1. The smallest absolute Gasteiger partial charge is 0.293 e. The molecule has 3 aromatic carbocycles. The predicted molar refractivity (Wildman–Crippen MR) is 126 cm³/mol. The summed E-state index contributed by atoms with van der Waals surface area (Å²) in [6.07, 6.45) is -0.268. The monoisotopic (exact) mass is 544 g/mol. The summed E-state index contributed by atoms with van der Waals surface area (Å²) in [5, 5.41) is 4.43. The molecule has 1 heterocycles. The number of ether oxygens (including phenoxy) is 1. The fourth-order valence-electron chi connectivity index (χ4n) is 3.07. The third kappa shape index (κ3) is 5.03. The van der Waals surface area contributed by atoms with Crippen LogP contribution in [-0.4, -0.2) is 6.54 Å². The maximum atomic E-state index is 14.5. The molecule has 0 amide bonds. The van der Waals surface area contributed by atoms with Crippen molar-refractivity contribution in [3.63, 3.8) is 0 Å². The van der Waals surface area contributed by atoms with Gasteiger partial charge in [0.1, 0.15) is 23.4 Å². The first-order valence-electron chi connectivity index (χ1n) is 8.83. The van der Waals surface area contributed by atoms with Crippen molar-refractivity contribution in [2.24, 2.45) is 0 Å². The number of phenolic OH excluding ortho intramolecular Hbond substituents is 1. The van der Waals surface area contributed by atoms with E-state index in [9.17, 15) is 4.39 Å². The average molecular weight is 544 g/mol. The summed E-state index contributed by atoms with van der Waals surface area (Å²) >= 11 is 7.92. The van der Waals surface area contributed by atoms with E-state index in [1.165, 1.54) is 17.8 Å². The van der Waals surface area contributed by atoms with Crippen LogP contribution in [0.15, 0.2) is 71.6 Å². The standard InChI is InChI=1S/C21H17FO2S.IPS/c1-13-11-17(22)21-18(12-13)24-19(14-7-9-16(23)10-8-14)20(25-21)15-5-3-2-4-6-15;1-2-3/h2-12,19-20,23H,1H3;/t19-,20+;/m1./s1/i/hT. The van der Waals surface area contributed by atoms with Gasteiger partial charge in [0.05, 0.1) is 10.1 Å². The molecule has 0 spiro atoms. The molecule has 144 valence electrons. The molecule has 7 heteroatoms. The number of fused-ring (bicyclic) bond motifs is 1. The van der Waals surface area contributed by atoms with Gasteiger partial charge in [0, 0.05) is 5.00 Å². The Morgan fingerprint density at radius 1 is 1.14 bits per heavy atom. The fourth-order valence-corrected chi connectivity index (χ4v) is 4.35. The number of halogens is 2. The molecule has 4 rings (SSSR count). The van der Waals surface area contributed by atoms with Crippen molar-refractivity contribution < 1.29 is 14.2 Å². The number of aromatic hydroxyl groups is 1. The van der Waals surface area contributed by atoms with Crippen molar-refractivity contribution in [2.45, 2.75) is 23.2 Å². The molecule has 1 aliphatic rings. The quantitative estimate of drug-likeness (QED) is 0.273. The van der Waals surface area contributed by atoms with E-state index in [1.54, 1.807) is 12.1 Å². The highest BCUT2D eigenvalue weighted by molar-refractivity contribution is 14.2. The summed E-state index contributed by atoms with van der Waals surface area (Å²) in [5.74, 6) is 0.795. The molecule has 0 aromatic heterocycles. The van der Waals surface area contributed by atoms with Gasteiger partial charge in [-0.25, -0.2) is 4.39 Å². The van der Waals surface area contributed by atoms with Gasteiger partial charge in [-0.1, -0.05) is 42.5 Å². The van der Waals surface area contributed by atoms with Crippen molar-refractivity contribution in [3.8, 4) is 11.5 Å². The zero-order valence-corrected chi connectivity index (χ0v) is 19.5. The Morgan fingerprint density at radius 3 is 2.46 bits per heavy atom. The van der Waals surface area contributed by atoms with E-state index in [1.807, 2.05) is 55.5 Å². The Hall–Kier alpha value is -1.21. The minimum absolute atomic E-state index is 0.0799. The summed E-state index contributed by atoms with van der Waals surface area (Å²) in [6.45, 7) is 1.86. The van der Waals surface area contributed by atoms with Gasteiger partial charge < -0.3 is 9.85 Å². The predicted octanol–water partition coefficient (Wildman–Crippen LogP) is 7.55. The molecule has 0 saturated heterocycles. The van der Waals surface area contributed by atoms with Crippen LogP contribution >= 0.6 is 38.8 Å². The van der Waals surface area contributed by atoms with Gasteiger partial charge >= 0.3 is 0 Å². The second kappa shape index (κ2) is 10.0. The van der Waals surface area contributed by atoms with E-state index in [2.05, 4.69) is 39.0 Å². The Kier molecular flexibility index (Phi) is 7.18. The Morgan fingerprint density at radius 2 is 1.82 bits per heavy atom. The molecule has 0 radical (unpaired) electrons. The maximum absolute atomic E-state index is 14.5. The van der Waals surface area contributed by atoms with Crippen LogP contribution in [0.2, 0.25) is 0 Å². The van der Waals surface area contributed by atoms with Crippen molar-refractivity contribution in [1.82, 2.24) is 0 Å². The first kappa shape index (κ1) is 20.1. The van der Waals surface area contributed by atoms with Gasteiger partial charge in [0.2, 0.25) is 0 Å². The van der Waals surface area contributed by atoms with Gasteiger partial charge in [-0.2, -0.15) is 0 Å². The van der Waals surface area contributed by atoms with Crippen molar-refractivity contribution in [3.05, 3.63) is 89.2 Å². The topological polar surface area (TPSA) is 29.5 Å². The van der Waals surface area contributed by atoms with Gasteiger partial charge in [0.25, 0.3) is 1.43 Å². The molecule has 0 fully saturated rings. The van der Waals surface area contributed by atoms with E-state index in [0.29, 0.717) is 16.4 Å². The van der Waals surface area contributed by atoms with Crippen LogP contribution in [0, 0.1) is 12.7 Å². The number of hydrogen-bond donors (Lipinski definition) is 1. The summed E-state index contributed by atoms with van der Waals surface area (Å²) in [5.41, 5.74) is 2.87. The van der Waals surface area contributed by atoms with Gasteiger partial charge in [-0.3, -0.25) is 0 Å². The van der Waals surface area contributed by atoms with Gasteiger partial charge in [0.15, 0.2) is 0 Å². The van der Waals surface area contributed by atoms with Crippen LogP contribution in [0.3, 0.4) is 0 Å². The highest BCUT2D eigenvalue weighted by Crippen LogP contribution is 2.54. The highest BCUT2D eigenvalue weighted by Gasteiger charge is 2.35. The number of hydrogen-bond acceptors (Lipinski definition) is 4. The minimum atomic E-state index is -0.268. The molecule has 0 saturated carbocycles. The number of benzene rings is 3. The third-order valence-electron chi connectivity index (χ3n) is 4.26. The molecular weight excluding hydrogens is 525 g/mol. The van der Waals surface area contributed by atoms with Crippen LogP contribution < -0.4 is 4.74 Å². The lowest BCUT2D eigenvalue weighted by molar-refractivity contribution is 0.188. The van der Waals surface area contributed by atoms with E-state index >= 15 is 0 Å². The van der Waals surface area contributed by atoms with Crippen molar-refractivity contribution in [1.29, 1.82) is 1.43 Å². The largest absolute Gasteiger partial charge is 0.508 e. The minimum Gasteiger partial charge on any atom is -0.508 e. The lowest BCUT2D eigenvalue weighted by Crippen LogP contribution is -2.20. The molecule has 2 atom stereocenters. The molecule has 28 heavy (non-hydrogen) atoms. The summed E-state index contributed by atoms with van der Waals surface area (Å²) < 4.78 is 27.8. The summed E-state index contributed by atoms with van der Waals surface area (Å²) in [6, 6.07) is 20.7. The second-order valence-electron chi connectivity index (χ2n) is 6.20. The van der Waals surface area contributed by atoms with Crippen molar-refractivity contribution >= 4 is 50.6 Å². The van der Waals surface area contributed by atoms with Gasteiger partial charge in [-0.05, 0) is 81.7 Å². The molecule has 1 N–H and O–H groups in total. The molecule has 0 bridgehead atoms. The third-order valence-corrected chi connectivity index (χ3v) is 5.67. The number of phenols is 1. The lowest BCUT2D eigenvalue weighted by atomic mass is 10.00. The van der Waals surface area contributed by atoms with Crippen LogP contribution in [-0.2, 0) is 11.8 Å². The van der Waals surface area contributed by atoms with E-state index in [0.717, 1.165) is 21.7 Å². The van der Waals surface area contributed by atoms with Crippen LogP contribution in [0.4, 0.5) is 4.39 Å². The lowest BCUT2D eigenvalue weighted by Gasteiger charge is -2.34. The molecule has 0 aliphatic carbocycles. The normalized spacial score (nSPS) is 18.2. The molecule has 3 aromatic rings. The zero-order valence-electron chi connectivity index (χ0n) is 15.8. The average Bonchev–Trinajstić information content (AvgIpc) is 2.74. The van der Waals surface area contributed by atoms with E-state index in [4.69, 9.17) is 6.17 Å².